The van der Waals surface area contributed by atoms with Crippen LogP contribution in [-0.2, 0) is 4.79 Å². The highest BCUT2D eigenvalue weighted by Gasteiger charge is 2.52. The number of hydrogen-bond donors (Lipinski definition) is 0. The summed E-state index contributed by atoms with van der Waals surface area (Å²) in [6.07, 6.45) is 2.32. The molecule has 0 heterocycles. The second kappa shape index (κ2) is 2.46. The van der Waals surface area contributed by atoms with Gasteiger partial charge in [-0.3, -0.25) is 4.79 Å². The fourth-order valence-electron chi connectivity index (χ4n) is 3.40. The number of carbonyl (C=O) groups excluding carboxylic acids is 1. The second-order valence-electron chi connectivity index (χ2n) is 5.03. The van der Waals surface area contributed by atoms with Gasteiger partial charge in [0.25, 0.3) is 0 Å². The van der Waals surface area contributed by atoms with Gasteiger partial charge in [0.1, 0.15) is 5.78 Å². The van der Waals surface area contributed by atoms with Crippen LogP contribution in [0.1, 0.15) is 40.5 Å². The lowest BCUT2D eigenvalue weighted by atomic mass is 9.72. The molecule has 0 aromatic carbocycles. The Bertz CT molecular complexity index is 300. The number of allylic oxidation sites excluding steroid dienone is 2. The Kier molecular flexibility index (Phi) is 1.70. The third-order valence-electron chi connectivity index (χ3n) is 4.51. The summed E-state index contributed by atoms with van der Waals surface area (Å²) < 4.78 is 0. The highest BCUT2D eigenvalue weighted by Crippen LogP contribution is 2.60. The maximum absolute atomic E-state index is 11.5. The smallest absolute Gasteiger partial charge is 0.133 e. The molecule has 2 rings (SSSR count). The van der Waals surface area contributed by atoms with Crippen LogP contribution >= 0.6 is 0 Å². The minimum absolute atomic E-state index is 0.209. The van der Waals surface area contributed by atoms with E-state index in [0.29, 0.717) is 17.6 Å². The first-order chi connectivity index (χ1) is 5.97. The molecule has 0 aromatic heterocycles. The van der Waals surface area contributed by atoms with E-state index in [4.69, 9.17) is 0 Å². The first-order valence-corrected chi connectivity index (χ1v) is 5.15. The Morgan fingerprint density at radius 2 is 2.08 bits per heavy atom. The lowest BCUT2D eigenvalue weighted by Crippen LogP contribution is -2.29. The molecule has 1 saturated carbocycles. The van der Waals surface area contributed by atoms with Gasteiger partial charge in [-0.05, 0) is 44.9 Å². The zero-order valence-electron chi connectivity index (χ0n) is 8.98. The predicted octanol–water partition coefficient (Wildman–Crippen LogP) is 2.96. The Morgan fingerprint density at radius 3 is 2.46 bits per heavy atom. The molecule has 72 valence electrons. The van der Waals surface area contributed by atoms with Crippen molar-refractivity contribution in [1.82, 2.24) is 0 Å². The van der Waals surface area contributed by atoms with Crippen molar-refractivity contribution in [3.63, 3.8) is 0 Å². The summed E-state index contributed by atoms with van der Waals surface area (Å²) in [4.78, 5) is 11.5. The molecule has 0 radical (unpaired) electrons. The summed E-state index contributed by atoms with van der Waals surface area (Å²) in [5.74, 6) is 1.40. The van der Waals surface area contributed by atoms with E-state index in [1.54, 1.807) is 12.5 Å². The van der Waals surface area contributed by atoms with Gasteiger partial charge in [0, 0.05) is 5.92 Å². The molecule has 2 unspecified atom stereocenters. The molecular formula is C12H18O. The van der Waals surface area contributed by atoms with Crippen molar-refractivity contribution >= 4 is 5.78 Å². The third kappa shape index (κ3) is 0.962. The van der Waals surface area contributed by atoms with Gasteiger partial charge in [-0.1, -0.05) is 18.1 Å². The molecule has 2 bridgehead atoms. The van der Waals surface area contributed by atoms with E-state index in [2.05, 4.69) is 20.8 Å². The largest absolute Gasteiger partial charge is 0.300 e. The lowest BCUT2D eigenvalue weighted by molar-refractivity contribution is -0.123. The van der Waals surface area contributed by atoms with Crippen molar-refractivity contribution in [2.75, 3.05) is 0 Å². The van der Waals surface area contributed by atoms with Gasteiger partial charge < -0.3 is 0 Å². The van der Waals surface area contributed by atoms with Gasteiger partial charge in [-0.25, -0.2) is 0 Å². The Labute approximate surface area is 80.2 Å². The average Bonchev–Trinajstić information content (AvgIpc) is 2.49. The summed E-state index contributed by atoms with van der Waals surface area (Å²) in [6.45, 7) is 8.47. The summed E-state index contributed by atoms with van der Waals surface area (Å²) in [5, 5.41) is 0. The van der Waals surface area contributed by atoms with E-state index in [-0.39, 0.29) is 5.41 Å². The molecule has 2 aliphatic rings. The van der Waals surface area contributed by atoms with Crippen LogP contribution in [0.2, 0.25) is 0 Å². The first-order valence-electron chi connectivity index (χ1n) is 5.15. The highest BCUT2D eigenvalue weighted by molar-refractivity contribution is 5.80. The summed E-state index contributed by atoms with van der Waals surface area (Å²) >= 11 is 0. The van der Waals surface area contributed by atoms with Crippen LogP contribution < -0.4 is 0 Å². The van der Waals surface area contributed by atoms with Crippen molar-refractivity contribution in [3.05, 3.63) is 11.1 Å². The zero-order chi connectivity index (χ0) is 9.80. The van der Waals surface area contributed by atoms with Crippen molar-refractivity contribution < 1.29 is 4.79 Å². The van der Waals surface area contributed by atoms with Crippen LogP contribution in [0.3, 0.4) is 0 Å². The van der Waals surface area contributed by atoms with Crippen molar-refractivity contribution in [2.45, 2.75) is 40.5 Å². The van der Waals surface area contributed by atoms with Crippen LogP contribution in [0.5, 0.6) is 0 Å². The van der Waals surface area contributed by atoms with Crippen LogP contribution in [0.4, 0.5) is 0 Å². The molecule has 3 atom stereocenters. The van der Waals surface area contributed by atoms with Gasteiger partial charge in [-0.2, -0.15) is 0 Å². The lowest BCUT2D eigenvalue weighted by Gasteiger charge is -2.31. The second-order valence-corrected chi connectivity index (χ2v) is 5.03. The van der Waals surface area contributed by atoms with Gasteiger partial charge in [0.15, 0.2) is 0 Å². The molecule has 0 aromatic rings. The van der Waals surface area contributed by atoms with E-state index < -0.39 is 0 Å². The average molecular weight is 178 g/mol. The fraction of sp³-hybridized carbons (Fsp3) is 0.750. The van der Waals surface area contributed by atoms with Crippen molar-refractivity contribution in [1.29, 1.82) is 0 Å². The molecular weight excluding hydrogens is 160 g/mol. The van der Waals surface area contributed by atoms with Gasteiger partial charge >= 0.3 is 0 Å². The number of fused-ring (bicyclic) bond motifs is 2. The molecule has 0 spiro atoms. The van der Waals surface area contributed by atoms with E-state index in [0.717, 1.165) is 6.42 Å². The first kappa shape index (κ1) is 8.98. The third-order valence-corrected chi connectivity index (χ3v) is 4.51. The SMILES string of the molecule is CC(=O)C1CC2C[C@@]1(C)C(C)=C2C. The van der Waals surface area contributed by atoms with Crippen LogP contribution in [0, 0.1) is 17.3 Å². The fourth-order valence-corrected chi connectivity index (χ4v) is 3.40. The molecule has 1 heteroatoms. The molecule has 0 saturated heterocycles. The zero-order valence-corrected chi connectivity index (χ0v) is 8.98. The Morgan fingerprint density at radius 1 is 1.46 bits per heavy atom. The molecule has 2 aliphatic carbocycles. The summed E-state index contributed by atoms with van der Waals surface area (Å²) in [5.41, 5.74) is 3.25. The quantitative estimate of drug-likeness (QED) is 0.564. The van der Waals surface area contributed by atoms with Gasteiger partial charge in [0.05, 0.1) is 0 Å². The molecule has 1 nitrogen and oxygen atoms in total. The standard InChI is InChI=1S/C12H18O/c1-7-8(2)12(4)6-10(7)5-11(12)9(3)13/h10-11H,5-6H2,1-4H3/t10?,11?,12-/m0/s1. The summed E-state index contributed by atoms with van der Waals surface area (Å²) in [6, 6.07) is 0. The van der Waals surface area contributed by atoms with Gasteiger partial charge in [0.2, 0.25) is 0 Å². The minimum Gasteiger partial charge on any atom is -0.300 e. The normalized spacial score (nSPS) is 43.1. The van der Waals surface area contributed by atoms with Crippen molar-refractivity contribution in [2.24, 2.45) is 17.3 Å². The molecule has 0 N–H and O–H groups in total. The number of ketones is 1. The molecule has 13 heavy (non-hydrogen) atoms. The molecule has 1 fully saturated rings. The topological polar surface area (TPSA) is 17.1 Å². The number of hydrogen-bond acceptors (Lipinski definition) is 1. The van der Waals surface area contributed by atoms with E-state index in [1.165, 1.54) is 12.0 Å². The van der Waals surface area contributed by atoms with Crippen LogP contribution in [-0.4, -0.2) is 5.78 Å². The van der Waals surface area contributed by atoms with Crippen LogP contribution in [0.15, 0.2) is 11.1 Å². The van der Waals surface area contributed by atoms with E-state index >= 15 is 0 Å². The van der Waals surface area contributed by atoms with E-state index in [9.17, 15) is 4.79 Å². The monoisotopic (exact) mass is 178 g/mol. The maximum Gasteiger partial charge on any atom is 0.133 e. The minimum atomic E-state index is 0.209. The number of carbonyl (C=O) groups is 1. The van der Waals surface area contributed by atoms with Crippen molar-refractivity contribution in [3.8, 4) is 0 Å². The Balaban J connectivity index is 2.41. The number of rotatable bonds is 1. The van der Waals surface area contributed by atoms with E-state index in [1.807, 2.05) is 0 Å². The maximum atomic E-state index is 11.5. The molecule has 0 aliphatic heterocycles. The number of Topliss-reactive ketones (excluding diaryl/α,β-unsaturated/α-hetero) is 1. The highest BCUT2D eigenvalue weighted by atomic mass is 16.1. The Hall–Kier alpha value is -0.590. The van der Waals surface area contributed by atoms with Gasteiger partial charge in [-0.15, -0.1) is 0 Å². The molecule has 0 amide bonds. The van der Waals surface area contributed by atoms with Crippen LogP contribution in [0.25, 0.3) is 0 Å². The summed E-state index contributed by atoms with van der Waals surface area (Å²) in [7, 11) is 0. The predicted molar refractivity (Wildman–Crippen MR) is 53.4 cm³/mol.